The van der Waals surface area contributed by atoms with E-state index in [-0.39, 0.29) is 5.69 Å². The monoisotopic (exact) mass is 380 g/mol. The molecule has 0 aliphatic heterocycles. The molecule has 2 aromatic rings. The van der Waals surface area contributed by atoms with E-state index in [1.54, 1.807) is 42.5 Å². The van der Waals surface area contributed by atoms with Crippen LogP contribution in [-0.4, -0.2) is 18.9 Å². The summed E-state index contributed by atoms with van der Waals surface area (Å²) in [5.41, 5.74) is -0.551. The molecule has 0 aliphatic carbocycles. The highest BCUT2D eigenvalue weighted by Crippen LogP contribution is 2.32. The lowest BCUT2D eigenvalue weighted by Crippen LogP contribution is -2.41. The summed E-state index contributed by atoms with van der Waals surface area (Å²) in [6.07, 6.45) is 0. The molecule has 2 rings (SSSR count). The van der Waals surface area contributed by atoms with Gasteiger partial charge in [-0.2, -0.15) is 0 Å². The Morgan fingerprint density at radius 1 is 0.960 bits per heavy atom. The minimum Gasteiger partial charge on any atom is -0.497 e. The highest BCUT2D eigenvalue weighted by molar-refractivity contribution is 6.40. The highest BCUT2D eigenvalue weighted by Gasteiger charge is 2.36. The van der Waals surface area contributed by atoms with E-state index in [4.69, 9.17) is 27.9 Å². The fourth-order valence-electron chi connectivity index (χ4n) is 1.98. The van der Waals surface area contributed by atoms with Crippen molar-refractivity contribution in [2.75, 3.05) is 17.7 Å². The van der Waals surface area contributed by atoms with Crippen LogP contribution in [0.1, 0.15) is 13.8 Å². The van der Waals surface area contributed by atoms with E-state index < -0.39 is 17.2 Å². The highest BCUT2D eigenvalue weighted by atomic mass is 35.5. The van der Waals surface area contributed by atoms with Gasteiger partial charge in [-0.3, -0.25) is 9.59 Å². The molecule has 2 N–H and O–H groups in total. The fourth-order valence-corrected chi connectivity index (χ4v) is 2.47. The van der Waals surface area contributed by atoms with Crippen LogP contribution >= 0.6 is 23.2 Å². The van der Waals surface area contributed by atoms with Crippen LogP contribution in [0, 0.1) is 5.41 Å². The molecule has 0 saturated carbocycles. The predicted octanol–water partition coefficient (Wildman–Crippen LogP) is 4.61. The van der Waals surface area contributed by atoms with Gasteiger partial charge >= 0.3 is 0 Å². The molecule has 0 radical (unpaired) electrons. The quantitative estimate of drug-likeness (QED) is 0.744. The maximum atomic E-state index is 12.6. The molecule has 132 valence electrons. The zero-order chi connectivity index (χ0) is 18.6. The lowest BCUT2D eigenvalue weighted by atomic mass is 9.90. The number of hydrogen-bond donors (Lipinski definition) is 2. The summed E-state index contributed by atoms with van der Waals surface area (Å²) in [4.78, 5) is 25.1. The summed E-state index contributed by atoms with van der Waals surface area (Å²) in [6.45, 7) is 3.03. The lowest BCUT2D eigenvalue weighted by molar-refractivity contribution is -0.135. The van der Waals surface area contributed by atoms with Crippen molar-refractivity contribution in [2.24, 2.45) is 5.41 Å². The van der Waals surface area contributed by atoms with E-state index in [0.29, 0.717) is 21.5 Å². The van der Waals surface area contributed by atoms with Gasteiger partial charge in [0.25, 0.3) is 0 Å². The van der Waals surface area contributed by atoms with Crippen LogP contribution in [-0.2, 0) is 9.59 Å². The third-order valence-corrected chi connectivity index (χ3v) is 4.29. The number of methoxy groups -OCH3 is 1. The van der Waals surface area contributed by atoms with Crippen LogP contribution in [0.4, 0.5) is 11.4 Å². The Bertz CT molecular complexity index is 786. The topological polar surface area (TPSA) is 67.4 Å². The van der Waals surface area contributed by atoms with Crippen molar-refractivity contribution in [1.29, 1.82) is 0 Å². The van der Waals surface area contributed by atoms with Crippen LogP contribution in [0.5, 0.6) is 5.75 Å². The lowest BCUT2D eigenvalue weighted by Gasteiger charge is -2.23. The minimum absolute atomic E-state index is 0.276. The van der Waals surface area contributed by atoms with Crippen molar-refractivity contribution in [3.63, 3.8) is 0 Å². The van der Waals surface area contributed by atoms with Gasteiger partial charge in [-0.05, 0) is 38.1 Å². The van der Waals surface area contributed by atoms with Crippen LogP contribution in [0.3, 0.4) is 0 Å². The van der Waals surface area contributed by atoms with E-state index in [0.717, 1.165) is 0 Å². The number of benzene rings is 2. The molecule has 0 saturated heterocycles. The maximum Gasteiger partial charge on any atom is 0.239 e. The first-order valence-electron chi connectivity index (χ1n) is 7.46. The minimum atomic E-state index is -1.36. The van der Waals surface area contributed by atoms with Gasteiger partial charge in [0.05, 0.1) is 22.8 Å². The Balaban J connectivity index is 2.15. The first-order chi connectivity index (χ1) is 11.8. The molecule has 7 heteroatoms. The van der Waals surface area contributed by atoms with Crippen molar-refractivity contribution in [3.8, 4) is 5.75 Å². The summed E-state index contributed by atoms with van der Waals surface area (Å²) >= 11 is 12.1. The average molecular weight is 381 g/mol. The van der Waals surface area contributed by atoms with Gasteiger partial charge in [0.15, 0.2) is 0 Å². The van der Waals surface area contributed by atoms with Crippen molar-refractivity contribution >= 4 is 46.4 Å². The van der Waals surface area contributed by atoms with Gasteiger partial charge in [0.2, 0.25) is 11.8 Å². The van der Waals surface area contributed by atoms with Gasteiger partial charge in [0, 0.05) is 11.8 Å². The smallest absolute Gasteiger partial charge is 0.239 e. The molecule has 2 aromatic carbocycles. The summed E-state index contributed by atoms with van der Waals surface area (Å²) in [5, 5.41) is 5.92. The number of rotatable bonds is 5. The van der Waals surface area contributed by atoms with Gasteiger partial charge < -0.3 is 15.4 Å². The second kappa shape index (κ2) is 7.76. The fraction of sp³-hybridized carbons (Fsp3) is 0.222. The van der Waals surface area contributed by atoms with Crippen molar-refractivity contribution in [1.82, 2.24) is 0 Å². The molecule has 0 unspecified atom stereocenters. The number of para-hydroxylation sites is 1. The van der Waals surface area contributed by atoms with Crippen LogP contribution < -0.4 is 15.4 Å². The number of carbonyl (C=O) groups excluding carboxylic acids is 2. The number of amides is 2. The summed E-state index contributed by atoms with van der Waals surface area (Å²) in [7, 11) is 1.53. The molecule has 0 heterocycles. The molecule has 0 fully saturated rings. The molecular weight excluding hydrogens is 363 g/mol. The largest absolute Gasteiger partial charge is 0.497 e. The molecule has 0 aromatic heterocycles. The normalized spacial score (nSPS) is 10.9. The molecule has 0 bridgehead atoms. The number of nitrogens with one attached hydrogen (secondary N) is 2. The van der Waals surface area contributed by atoms with Crippen molar-refractivity contribution in [2.45, 2.75) is 13.8 Å². The van der Waals surface area contributed by atoms with E-state index >= 15 is 0 Å². The second-order valence-electron chi connectivity index (χ2n) is 5.86. The third-order valence-electron chi connectivity index (χ3n) is 3.66. The van der Waals surface area contributed by atoms with E-state index in [1.165, 1.54) is 21.0 Å². The molecule has 0 spiro atoms. The number of carbonyl (C=O) groups is 2. The first-order valence-corrected chi connectivity index (χ1v) is 8.22. The average Bonchev–Trinajstić information content (AvgIpc) is 2.58. The molecule has 0 aliphatic rings. The molecular formula is C18H18Cl2N2O3. The Morgan fingerprint density at radius 2 is 1.52 bits per heavy atom. The SMILES string of the molecule is COc1cccc(NC(=O)C(C)(C)C(=O)Nc2c(Cl)cccc2Cl)c1. The Morgan fingerprint density at radius 3 is 2.12 bits per heavy atom. The maximum absolute atomic E-state index is 12.6. The standard InChI is InChI=1S/C18H18Cl2N2O3/c1-18(2,16(23)21-11-6-4-7-12(10-11)25-3)17(24)22-15-13(19)8-5-9-14(15)20/h4-10H,1-3H3,(H,21,23)(H,22,24). The van der Waals surface area contributed by atoms with Gasteiger partial charge in [-0.25, -0.2) is 0 Å². The number of anilines is 2. The third kappa shape index (κ3) is 4.44. The molecule has 25 heavy (non-hydrogen) atoms. The zero-order valence-corrected chi connectivity index (χ0v) is 15.5. The summed E-state index contributed by atoms with van der Waals surface area (Å²) in [5.74, 6) is -0.396. The van der Waals surface area contributed by atoms with Crippen molar-refractivity contribution < 1.29 is 14.3 Å². The Hall–Kier alpha value is -2.24. The Kier molecular flexibility index (Phi) is 5.93. The molecule has 2 amide bonds. The van der Waals surface area contributed by atoms with Gasteiger partial charge in [-0.15, -0.1) is 0 Å². The number of halogens is 2. The summed E-state index contributed by atoms with van der Waals surface area (Å²) in [6, 6.07) is 11.7. The van der Waals surface area contributed by atoms with Crippen molar-refractivity contribution in [3.05, 3.63) is 52.5 Å². The predicted molar refractivity (Wildman–Crippen MR) is 100 cm³/mol. The van der Waals surface area contributed by atoms with E-state index in [1.807, 2.05) is 0 Å². The zero-order valence-electron chi connectivity index (χ0n) is 14.0. The molecule has 0 atom stereocenters. The van der Waals surface area contributed by atoms with E-state index in [9.17, 15) is 9.59 Å². The second-order valence-corrected chi connectivity index (χ2v) is 6.68. The molecule has 5 nitrogen and oxygen atoms in total. The van der Waals surface area contributed by atoms with Crippen LogP contribution in [0.25, 0.3) is 0 Å². The number of hydrogen-bond acceptors (Lipinski definition) is 3. The summed E-state index contributed by atoms with van der Waals surface area (Å²) < 4.78 is 5.11. The van der Waals surface area contributed by atoms with Gasteiger partial charge in [0.1, 0.15) is 11.2 Å². The first kappa shape index (κ1) is 19.1. The Labute approximate surface area is 156 Å². The van der Waals surface area contributed by atoms with Crippen LogP contribution in [0.2, 0.25) is 10.0 Å². The van der Waals surface area contributed by atoms with E-state index in [2.05, 4.69) is 10.6 Å². The number of ether oxygens (including phenoxy) is 1. The van der Waals surface area contributed by atoms with Crippen LogP contribution in [0.15, 0.2) is 42.5 Å². The van der Waals surface area contributed by atoms with Gasteiger partial charge in [-0.1, -0.05) is 35.3 Å².